The van der Waals surface area contributed by atoms with E-state index in [4.69, 9.17) is 4.74 Å². The smallest absolute Gasteiger partial charge is 0.213 e. The summed E-state index contributed by atoms with van der Waals surface area (Å²) in [6, 6.07) is 2.84. The van der Waals surface area contributed by atoms with Gasteiger partial charge in [0.1, 0.15) is 11.9 Å². The van der Waals surface area contributed by atoms with Crippen LogP contribution in [0.25, 0.3) is 0 Å². The highest BCUT2D eigenvalue weighted by molar-refractivity contribution is 5.10. The molecular weight excluding hydrogens is 171 g/mol. The summed E-state index contributed by atoms with van der Waals surface area (Å²) in [5, 5.41) is 2.97. The molecule has 4 heteroatoms. The number of ether oxygens (including phenoxy) is 1. The minimum atomic E-state index is -0.353. The molecule has 0 spiro atoms. The molecular formula is C9H13FN2O. The Bertz CT molecular complexity index is 250. The van der Waals surface area contributed by atoms with Gasteiger partial charge in [-0.2, -0.15) is 0 Å². The Labute approximate surface area is 76.9 Å². The summed E-state index contributed by atoms with van der Waals surface area (Å²) in [6.45, 7) is 2.65. The Hall–Kier alpha value is -1.16. The van der Waals surface area contributed by atoms with Gasteiger partial charge in [0, 0.05) is 12.6 Å². The number of likely N-dealkylation sites (N-methyl/N-ethyl adjacent to an activating group) is 1. The molecule has 1 aromatic heterocycles. The Morgan fingerprint density at radius 3 is 2.92 bits per heavy atom. The van der Waals surface area contributed by atoms with Crippen LogP contribution in [-0.2, 0) is 0 Å². The highest BCUT2D eigenvalue weighted by Crippen LogP contribution is 2.07. The molecule has 0 aromatic carbocycles. The largest absolute Gasteiger partial charge is 0.473 e. The van der Waals surface area contributed by atoms with Crippen molar-refractivity contribution in [3.05, 3.63) is 24.1 Å². The van der Waals surface area contributed by atoms with Crippen LogP contribution in [0.4, 0.5) is 4.39 Å². The van der Waals surface area contributed by atoms with Crippen LogP contribution in [0, 0.1) is 5.82 Å². The maximum atomic E-state index is 12.4. The summed E-state index contributed by atoms with van der Waals surface area (Å²) in [4.78, 5) is 3.78. The molecule has 0 saturated heterocycles. The number of nitrogens with zero attached hydrogens (tertiary/aromatic N) is 1. The van der Waals surface area contributed by atoms with Gasteiger partial charge in [0.05, 0.1) is 6.20 Å². The van der Waals surface area contributed by atoms with Crippen LogP contribution >= 0.6 is 0 Å². The molecule has 1 rings (SSSR count). The lowest BCUT2D eigenvalue weighted by molar-refractivity contribution is 0.211. The third kappa shape index (κ3) is 3.38. The van der Waals surface area contributed by atoms with Crippen LogP contribution in [-0.4, -0.2) is 24.7 Å². The number of nitrogens with one attached hydrogen (secondary N) is 1. The van der Waals surface area contributed by atoms with Crippen molar-refractivity contribution < 1.29 is 9.13 Å². The Kier molecular flexibility index (Phi) is 3.64. The zero-order chi connectivity index (χ0) is 9.68. The van der Waals surface area contributed by atoms with E-state index in [1.165, 1.54) is 12.1 Å². The van der Waals surface area contributed by atoms with Crippen LogP contribution < -0.4 is 10.1 Å². The number of hydrogen-bond acceptors (Lipinski definition) is 3. The van der Waals surface area contributed by atoms with Gasteiger partial charge in [-0.05, 0) is 20.0 Å². The van der Waals surface area contributed by atoms with Gasteiger partial charge in [0.15, 0.2) is 0 Å². The molecule has 1 heterocycles. The van der Waals surface area contributed by atoms with Gasteiger partial charge in [-0.1, -0.05) is 0 Å². The predicted molar refractivity (Wildman–Crippen MR) is 48.2 cm³/mol. The van der Waals surface area contributed by atoms with E-state index in [2.05, 4.69) is 10.3 Å². The first-order valence-electron chi connectivity index (χ1n) is 4.15. The van der Waals surface area contributed by atoms with Crippen molar-refractivity contribution >= 4 is 0 Å². The van der Waals surface area contributed by atoms with Crippen LogP contribution in [0.5, 0.6) is 5.88 Å². The molecule has 0 amide bonds. The van der Waals surface area contributed by atoms with Crippen molar-refractivity contribution in [2.24, 2.45) is 0 Å². The van der Waals surface area contributed by atoms with Gasteiger partial charge >= 0.3 is 0 Å². The fourth-order valence-electron chi connectivity index (χ4n) is 0.967. The Morgan fingerprint density at radius 2 is 2.38 bits per heavy atom. The standard InChI is InChI=1S/C9H13FN2O/c1-7(5-11-2)13-9-4-3-8(10)6-12-9/h3-4,6-7,11H,5H2,1-2H3. The molecule has 1 aromatic rings. The van der Waals surface area contributed by atoms with Gasteiger partial charge in [0.25, 0.3) is 0 Å². The van der Waals surface area contributed by atoms with Crippen molar-refractivity contribution in [3.63, 3.8) is 0 Å². The van der Waals surface area contributed by atoms with Crippen molar-refractivity contribution in [1.82, 2.24) is 10.3 Å². The predicted octanol–water partition coefficient (Wildman–Crippen LogP) is 1.21. The second-order valence-corrected chi connectivity index (χ2v) is 2.80. The topological polar surface area (TPSA) is 34.1 Å². The van der Waals surface area contributed by atoms with E-state index in [0.717, 1.165) is 12.7 Å². The van der Waals surface area contributed by atoms with E-state index in [9.17, 15) is 4.39 Å². The fourth-order valence-corrected chi connectivity index (χ4v) is 0.967. The molecule has 72 valence electrons. The molecule has 0 radical (unpaired) electrons. The van der Waals surface area contributed by atoms with E-state index >= 15 is 0 Å². The first-order valence-corrected chi connectivity index (χ1v) is 4.15. The number of pyridine rings is 1. The number of halogens is 1. The monoisotopic (exact) mass is 184 g/mol. The lowest BCUT2D eigenvalue weighted by Crippen LogP contribution is -2.26. The first kappa shape index (κ1) is 9.92. The fraction of sp³-hybridized carbons (Fsp3) is 0.444. The summed E-state index contributed by atoms with van der Waals surface area (Å²) >= 11 is 0. The van der Waals surface area contributed by atoms with E-state index in [1.54, 1.807) is 0 Å². The van der Waals surface area contributed by atoms with Crippen LogP contribution in [0.15, 0.2) is 18.3 Å². The molecule has 3 nitrogen and oxygen atoms in total. The maximum absolute atomic E-state index is 12.4. The summed E-state index contributed by atoms with van der Waals surface area (Å²) in [5.41, 5.74) is 0. The second kappa shape index (κ2) is 4.77. The molecule has 0 aliphatic heterocycles. The molecule has 1 unspecified atom stereocenters. The zero-order valence-electron chi connectivity index (χ0n) is 7.75. The van der Waals surface area contributed by atoms with Crippen molar-refractivity contribution in [2.45, 2.75) is 13.0 Å². The summed E-state index contributed by atoms with van der Waals surface area (Å²) < 4.78 is 17.8. The number of aromatic nitrogens is 1. The highest BCUT2D eigenvalue weighted by Gasteiger charge is 2.02. The lowest BCUT2D eigenvalue weighted by Gasteiger charge is -2.12. The molecule has 0 bridgehead atoms. The van der Waals surface area contributed by atoms with Gasteiger partial charge in [-0.15, -0.1) is 0 Å². The zero-order valence-corrected chi connectivity index (χ0v) is 7.75. The SMILES string of the molecule is CNCC(C)Oc1ccc(F)cn1. The summed E-state index contributed by atoms with van der Waals surface area (Å²) in [6.07, 6.45) is 1.17. The molecule has 0 aliphatic rings. The first-order chi connectivity index (χ1) is 6.22. The minimum absolute atomic E-state index is 0.0305. The van der Waals surface area contributed by atoms with Crippen molar-refractivity contribution in [3.8, 4) is 5.88 Å². The quantitative estimate of drug-likeness (QED) is 0.763. The molecule has 1 N–H and O–H groups in total. The van der Waals surface area contributed by atoms with Crippen molar-refractivity contribution in [1.29, 1.82) is 0 Å². The minimum Gasteiger partial charge on any atom is -0.473 e. The van der Waals surface area contributed by atoms with Crippen LogP contribution in [0.2, 0.25) is 0 Å². The molecule has 0 saturated carbocycles. The summed E-state index contributed by atoms with van der Waals surface area (Å²) in [5.74, 6) is 0.0952. The molecule has 13 heavy (non-hydrogen) atoms. The molecule has 0 fully saturated rings. The molecule has 0 aliphatic carbocycles. The van der Waals surface area contributed by atoms with Crippen LogP contribution in [0.1, 0.15) is 6.92 Å². The normalized spacial score (nSPS) is 12.5. The molecule has 1 atom stereocenters. The van der Waals surface area contributed by atoms with Gasteiger partial charge in [-0.3, -0.25) is 0 Å². The van der Waals surface area contributed by atoms with Crippen molar-refractivity contribution in [2.75, 3.05) is 13.6 Å². The Balaban J connectivity index is 2.49. The van der Waals surface area contributed by atoms with Gasteiger partial charge in [0.2, 0.25) is 5.88 Å². The third-order valence-corrected chi connectivity index (χ3v) is 1.51. The van der Waals surface area contributed by atoms with E-state index in [0.29, 0.717) is 5.88 Å². The third-order valence-electron chi connectivity index (χ3n) is 1.51. The Morgan fingerprint density at radius 1 is 1.62 bits per heavy atom. The number of hydrogen-bond donors (Lipinski definition) is 1. The van der Waals surface area contributed by atoms with E-state index < -0.39 is 0 Å². The highest BCUT2D eigenvalue weighted by atomic mass is 19.1. The lowest BCUT2D eigenvalue weighted by atomic mass is 10.4. The van der Waals surface area contributed by atoms with Gasteiger partial charge in [-0.25, -0.2) is 9.37 Å². The van der Waals surface area contributed by atoms with E-state index in [-0.39, 0.29) is 11.9 Å². The van der Waals surface area contributed by atoms with Gasteiger partial charge < -0.3 is 10.1 Å². The maximum Gasteiger partial charge on any atom is 0.213 e. The summed E-state index contributed by atoms with van der Waals surface area (Å²) in [7, 11) is 1.85. The average molecular weight is 184 g/mol. The average Bonchev–Trinajstić information content (AvgIpc) is 2.09. The second-order valence-electron chi connectivity index (χ2n) is 2.80. The van der Waals surface area contributed by atoms with E-state index in [1.807, 2.05) is 14.0 Å². The number of rotatable bonds is 4. The van der Waals surface area contributed by atoms with Crippen LogP contribution in [0.3, 0.4) is 0 Å².